The fourth-order valence-electron chi connectivity index (χ4n) is 3.13. The van der Waals surface area contributed by atoms with E-state index in [1.54, 1.807) is 0 Å². The van der Waals surface area contributed by atoms with Crippen molar-refractivity contribution >= 4 is 12.2 Å². The number of allylic oxidation sites excluding steroid dienone is 2. The van der Waals surface area contributed by atoms with E-state index in [2.05, 4.69) is 16.4 Å². The van der Waals surface area contributed by atoms with Crippen molar-refractivity contribution in [2.24, 2.45) is 10.9 Å². The first-order chi connectivity index (χ1) is 9.96. The highest BCUT2D eigenvalue weighted by molar-refractivity contribution is 5.79. The minimum atomic E-state index is -0.435. The Morgan fingerprint density at radius 1 is 1.38 bits per heavy atom. The minimum absolute atomic E-state index is 0.113. The van der Waals surface area contributed by atoms with Crippen molar-refractivity contribution in [3.8, 4) is 0 Å². The van der Waals surface area contributed by atoms with Gasteiger partial charge in [-0.1, -0.05) is 5.57 Å². The maximum atomic E-state index is 12.4. The van der Waals surface area contributed by atoms with Gasteiger partial charge < -0.3 is 10.1 Å². The molecule has 4 nitrogen and oxygen atoms in total. The van der Waals surface area contributed by atoms with Gasteiger partial charge in [0, 0.05) is 31.1 Å². The minimum Gasteiger partial charge on any atom is -0.459 e. The van der Waals surface area contributed by atoms with Gasteiger partial charge in [0.2, 0.25) is 0 Å². The van der Waals surface area contributed by atoms with E-state index < -0.39 is 5.60 Å². The van der Waals surface area contributed by atoms with Gasteiger partial charge in [0.05, 0.1) is 5.92 Å². The van der Waals surface area contributed by atoms with Crippen LogP contribution in [-0.2, 0) is 9.53 Å². The molecule has 0 spiro atoms. The van der Waals surface area contributed by atoms with Gasteiger partial charge in [0.15, 0.2) is 0 Å². The van der Waals surface area contributed by atoms with Crippen LogP contribution in [0.1, 0.15) is 40.0 Å². The van der Waals surface area contributed by atoms with Crippen molar-refractivity contribution in [1.82, 2.24) is 5.32 Å². The maximum absolute atomic E-state index is 12.4. The largest absolute Gasteiger partial charge is 0.459 e. The molecule has 0 aromatic rings. The smallest absolute Gasteiger partial charge is 0.315 e. The van der Waals surface area contributed by atoms with Crippen LogP contribution in [0.4, 0.5) is 0 Å². The van der Waals surface area contributed by atoms with E-state index in [1.807, 2.05) is 33.2 Å². The molecule has 0 aromatic carbocycles. The molecule has 3 aliphatic rings. The zero-order valence-corrected chi connectivity index (χ0v) is 12.9. The topological polar surface area (TPSA) is 50.7 Å². The van der Waals surface area contributed by atoms with Crippen LogP contribution in [-0.4, -0.2) is 24.3 Å². The predicted molar refractivity (Wildman–Crippen MR) is 82.9 cm³/mol. The second kappa shape index (κ2) is 5.17. The maximum Gasteiger partial charge on any atom is 0.315 e. The number of nitrogens with zero attached hydrogens (tertiary/aromatic N) is 1. The molecular formula is C17H22N2O2. The standard InChI is InChI=1S/C17H22N2O2/c1-17(2,3)21-16(20)14-10-19-15-12-7-9-18-8-6-11(12)4-5-13(14)15/h7-9,14,19H,4-6,10H2,1-3H3. The molecule has 2 aliphatic heterocycles. The monoisotopic (exact) mass is 286 g/mol. The summed E-state index contributed by atoms with van der Waals surface area (Å²) in [6.45, 7) is 6.38. The molecule has 0 radical (unpaired) electrons. The summed E-state index contributed by atoms with van der Waals surface area (Å²) in [4.78, 5) is 16.6. The Balaban J connectivity index is 1.87. The van der Waals surface area contributed by atoms with Crippen LogP contribution < -0.4 is 5.32 Å². The Bertz CT molecular complexity index is 588. The number of hydrogen-bond donors (Lipinski definition) is 1. The molecule has 1 N–H and O–H groups in total. The number of fused-ring (bicyclic) bond motifs is 1. The van der Waals surface area contributed by atoms with Crippen LogP contribution in [0.15, 0.2) is 39.7 Å². The molecule has 4 heteroatoms. The van der Waals surface area contributed by atoms with E-state index in [-0.39, 0.29) is 11.9 Å². The van der Waals surface area contributed by atoms with E-state index in [4.69, 9.17) is 4.74 Å². The number of ether oxygens (including phenoxy) is 1. The molecule has 0 amide bonds. The summed E-state index contributed by atoms with van der Waals surface area (Å²) in [5.41, 5.74) is 4.53. The van der Waals surface area contributed by atoms with E-state index >= 15 is 0 Å². The lowest BCUT2D eigenvalue weighted by atomic mass is 9.85. The Morgan fingerprint density at radius 2 is 2.19 bits per heavy atom. The molecule has 0 aromatic heterocycles. The average molecular weight is 286 g/mol. The number of rotatable bonds is 1. The molecule has 0 fully saturated rings. The summed E-state index contributed by atoms with van der Waals surface area (Å²) < 4.78 is 5.56. The van der Waals surface area contributed by atoms with Crippen molar-refractivity contribution in [3.05, 3.63) is 34.7 Å². The Kier molecular flexibility index (Phi) is 3.47. The van der Waals surface area contributed by atoms with E-state index in [9.17, 15) is 4.79 Å². The molecule has 0 saturated carbocycles. The summed E-state index contributed by atoms with van der Waals surface area (Å²) in [5.74, 6) is -0.260. The highest BCUT2D eigenvalue weighted by atomic mass is 16.6. The van der Waals surface area contributed by atoms with Crippen LogP contribution in [0.5, 0.6) is 0 Å². The van der Waals surface area contributed by atoms with Gasteiger partial charge >= 0.3 is 5.97 Å². The zero-order valence-electron chi connectivity index (χ0n) is 12.9. The third-order valence-corrected chi connectivity index (χ3v) is 4.03. The zero-order chi connectivity index (χ0) is 15.0. The van der Waals surface area contributed by atoms with E-state index in [1.165, 1.54) is 16.7 Å². The number of aliphatic imine (C=N–C) groups is 1. The number of hydrogen-bond acceptors (Lipinski definition) is 4. The molecule has 0 saturated heterocycles. The molecule has 1 unspecified atom stereocenters. The normalized spacial score (nSPS) is 24.4. The second-order valence-electron chi connectivity index (χ2n) is 6.74. The van der Waals surface area contributed by atoms with E-state index in [0.29, 0.717) is 6.54 Å². The Labute approximate surface area is 125 Å². The summed E-state index contributed by atoms with van der Waals surface area (Å²) in [7, 11) is 0. The predicted octanol–water partition coefficient (Wildman–Crippen LogP) is 2.88. The fourth-order valence-corrected chi connectivity index (χ4v) is 3.13. The van der Waals surface area contributed by atoms with Gasteiger partial charge in [-0.15, -0.1) is 0 Å². The van der Waals surface area contributed by atoms with Crippen molar-refractivity contribution in [1.29, 1.82) is 0 Å². The van der Waals surface area contributed by atoms with Gasteiger partial charge in [-0.2, -0.15) is 0 Å². The first-order valence-corrected chi connectivity index (χ1v) is 7.56. The molecule has 0 bridgehead atoms. The van der Waals surface area contributed by atoms with Crippen LogP contribution >= 0.6 is 0 Å². The quantitative estimate of drug-likeness (QED) is 0.754. The summed E-state index contributed by atoms with van der Waals surface area (Å²) in [5, 5.41) is 3.42. The lowest BCUT2D eigenvalue weighted by molar-refractivity contribution is -0.158. The summed E-state index contributed by atoms with van der Waals surface area (Å²) in [6.07, 6.45) is 8.68. The molecular weight excluding hydrogens is 264 g/mol. The van der Waals surface area contributed by atoms with Crippen molar-refractivity contribution in [3.63, 3.8) is 0 Å². The molecule has 1 atom stereocenters. The fraction of sp³-hybridized carbons (Fsp3) is 0.529. The lowest BCUT2D eigenvalue weighted by Crippen LogP contribution is -2.31. The third-order valence-electron chi connectivity index (χ3n) is 4.03. The van der Waals surface area contributed by atoms with Crippen LogP contribution in [0.3, 0.4) is 0 Å². The molecule has 1 aliphatic carbocycles. The first kappa shape index (κ1) is 14.1. The number of carbonyl (C=O) groups excluding carboxylic acids is 1. The SMILES string of the molecule is CC(C)(C)OC(=O)C1CNC2=C1CCC1=C2C=CN=CC1. The lowest BCUT2D eigenvalue weighted by Gasteiger charge is -2.24. The number of esters is 1. The summed E-state index contributed by atoms with van der Waals surface area (Å²) >= 11 is 0. The van der Waals surface area contributed by atoms with Crippen LogP contribution in [0.25, 0.3) is 0 Å². The number of carbonyl (C=O) groups is 1. The second-order valence-corrected chi connectivity index (χ2v) is 6.74. The van der Waals surface area contributed by atoms with Crippen LogP contribution in [0, 0.1) is 5.92 Å². The van der Waals surface area contributed by atoms with Crippen molar-refractivity contribution in [2.75, 3.05) is 6.54 Å². The third kappa shape index (κ3) is 2.80. The van der Waals surface area contributed by atoms with Gasteiger partial charge in [-0.3, -0.25) is 9.79 Å². The molecule has 3 rings (SSSR count). The van der Waals surface area contributed by atoms with Gasteiger partial charge in [0.1, 0.15) is 5.60 Å². The van der Waals surface area contributed by atoms with Crippen LogP contribution in [0.2, 0.25) is 0 Å². The average Bonchev–Trinajstić information content (AvgIpc) is 2.68. The highest BCUT2D eigenvalue weighted by Crippen LogP contribution is 2.39. The first-order valence-electron chi connectivity index (χ1n) is 7.56. The van der Waals surface area contributed by atoms with Gasteiger partial charge in [-0.25, -0.2) is 0 Å². The van der Waals surface area contributed by atoms with Crippen molar-refractivity contribution in [2.45, 2.75) is 45.6 Å². The molecule has 21 heavy (non-hydrogen) atoms. The highest BCUT2D eigenvalue weighted by Gasteiger charge is 2.37. The Morgan fingerprint density at radius 3 is 2.95 bits per heavy atom. The van der Waals surface area contributed by atoms with E-state index in [0.717, 1.165) is 25.0 Å². The summed E-state index contributed by atoms with van der Waals surface area (Å²) in [6, 6.07) is 0. The Hall–Kier alpha value is -1.84. The molecule has 2 heterocycles. The molecule has 112 valence electrons. The van der Waals surface area contributed by atoms with Gasteiger partial charge in [0.25, 0.3) is 0 Å². The van der Waals surface area contributed by atoms with Crippen molar-refractivity contribution < 1.29 is 9.53 Å². The number of nitrogens with one attached hydrogen (secondary N) is 1. The van der Waals surface area contributed by atoms with Gasteiger partial charge in [-0.05, 0) is 50.8 Å².